The summed E-state index contributed by atoms with van der Waals surface area (Å²) in [5.74, 6) is 0.115. The largest absolute Gasteiger partial charge is 0.314 e. The number of rotatable bonds is 3. The summed E-state index contributed by atoms with van der Waals surface area (Å²) in [5.41, 5.74) is 1.28. The highest BCUT2D eigenvalue weighted by atomic mass is 35.5. The molecule has 3 heteroatoms. The molecule has 1 aliphatic rings. The Balaban J connectivity index is 2.24. The van der Waals surface area contributed by atoms with Crippen molar-refractivity contribution in [1.82, 2.24) is 5.32 Å². The van der Waals surface area contributed by atoms with Crippen LogP contribution in [-0.2, 0) is 4.79 Å². The van der Waals surface area contributed by atoms with Gasteiger partial charge < -0.3 is 5.32 Å². The third kappa shape index (κ3) is 3.37. The van der Waals surface area contributed by atoms with Gasteiger partial charge >= 0.3 is 0 Å². The van der Waals surface area contributed by atoms with Gasteiger partial charge in [0, 0.05) is 18.0 Å². The highest BCUT2D eigenvalue weighted by molar-refractivity contribution is 6.26. The molecule has 0 amide bonds. The molecule has 0 bridgehead atoms. The van der Waals surface area contributed by atoms with Crippen molar-refractivity contribution in [2.45, 2.75) is 31.7 Å². The molecule has 0 spiro atoms. The van der Waals surface area contributed by atoms with Gasteiger partial charge in [-0.3, -0.25) is 4.79 Å². The quantitative estimate of drug-likeness (QED) is 0.684. The van der Waals surface area contributed by atoms with Crippen molar-refractivity contribution in [1.29, 1.82) is 0 Å². The van der Waals surface area contributed by atoms with Gasteiger partial charge in [-0.15, -0.1) is 0 Å². The van der Waals surface area contributed by atoms with E-state index in [1.54, 1.807) is 0 Å². The van der Waals surface area contributed by atoms with Crippen molar-refractivity contribution in [3.63, 3.8) is 0 Å². The smallest absolute Gasteiger partial charge is 0.158 e. The lowest BCUT2D eigenvalue weighted by atomic mass is 10.0. The zero-order valence-electron chi connectivity index (χ0n) is 7.05. The van der Waals surface area contributed by atoms with E-state index < -0.39 is 0 Å². The SMILES string of the molecule is O=C(/C=C/Cl)CC1CCCCN1. The fourth-order valence-electron chi connectivity index (χ4n) is 1.48. The summed E-state index contributed by atoms with van der Waals surface area (Å²) in [6, 6.07) is 0.374. The maximum absolute atomic E-state index is 11.1. The van der Waals surface area contributed by atoms with Crippen molar-refractivity contribution in [3.05, 3.63) is 11.6 Å². The first-order valence-electron chi connectivity index (χ1n) is 4.36. The van der Waals surface area contributed by atoms with Crippen molar-refractivity contribution in [2.75, 3.05) is 6.54 Å². The summed E-state index contributed by atoms with van der Waals surface area (Å²) in [7, 11) is 0. The first-order valence-corrected chi connectivity index (χ1v) is 4.79. The molecule has 0 aromatic rings. The van der Waals surface area contributed by atoms with E-state index in [9.17, 15) is 4.79 Å². The van der Waals surface area contributed by atoms with Gasteiger partial charge in [0.05, 0.1) is 0 Å². The first kappa shape index (κ1) is 9.75. The molecular formula is C9H14ClNO. The molecule has 1 rings (SSSR count). The molecule has 1 aliphatic heterocycles. The van der Waals surface area contributed by atoms with E-state index in [4.69, 9.17) is 11.6 Å². The van der Waals surface area contributed by atoms with E-state index in [0.29, 0.717) is 12.5 Å². The molecular weight excluding hydrogens is 174 g/mol. The average molecular weight is 188 g/mol. The summed E-state index contributed by atoms with van der Waals surface area (Å²) >= 11 is 5.29. The Bertz CT molecular complexity index is 173. The van der Waals surface area contributed by atoms with Gasteiger partial charge in [0.15, 0.2) is 5.78 Å². The summed E-state index contributed by atoms with van der Waals surface area (Å²) in [6.07, 6.45) is 5.59. The van der Waals surface area contributed by atoms with Crippen molar-refractivity contribution in [2.24, 2.45) is 0 Å². The zero-order valence-corrected chi connectivity index (χ0v) is 7.81. The Morgan fingerprint density at radius 3 is 3.00 bits per heavy atom. The molecule has 0 aromatic heterocycles. The number of hydrogen-bond acceptors (Lipinski definition) is 2. The molecule has 0 radical (unpaired) electrons. The monoisotopic (exact) mass is 187 g/mol. The number of allylic oxidation sites excluding steroid dienone is 1. The second-order valence-electron chi connectivity index (χ2n) is 3.11. The number of ketones is 1. The van der Waals surface area contributed by atoms with Crippen molar-refractivity contribution in [3.8, 4) is 0 Å². The highest BCUT2D eigenvalue weighted by Crippen LogP contribution is 2.10. The van der Waals surface area contributed by atoms with Crippen molar-refractivity contribution < 1.29 is 4.79 Å². The van der Waals surface area contributed by atoms with Crippen LogP contribution in [0.5, 0.6) is 0 Å². The van der Waals surface area contributed by atoms with E-state index in [1.807, 2.05) is 0 Å². The van der Waals surface area contributed by atoms with Gasteiger partial charge in [0.1, 0.15) is 0 Å². The normalized spacial score (nSPS) is 24.6. The van der Waals surface area contributed by atoms with Crippen LogP contribution >= 0.6 is 11.6 Å². The van der Waals surface area contributed by atoms with E-state index in [1.165, 1.54) is 24.5 Å². The molecule has 1 atom stereocenters. The number of nitrogens with one attached hydrogen (secondary N) is 1. The molecule has 1 heterocycles. The van der Waals surface area contributed by atoms with E-state index in [-0.39, 0.29) is 5.78 Å². The van der Waals surface area contributed by atoms with Crippen LogP contribution in [0.3, 0.4) is 0 Å². The van der Waals surface area contributed by atoms with E-state index in [0.717, 1.165) is 13.0 Å². The Labute approximate surface area is 78.0 Å². The van der Waals surface area contributed by atoms with Gasteiger partial charge in [-0.25, -0.2) is 0 Å². The van der Waals surface area contributed by atoms with Crippen LogP contribution < -0.4 is 5.32 Å². The molecule has 1 unspecified atom stereocenters. The van der Waals surface area contributed by atoms with E-state index >= 15 is 0 Å². The maximum atomic E-state index is 11.1. The topological polar surface area (TPSA) is 29.1 Å². The average Bonchev–Trinajstić information content (AvgIpc) is 2.06. The van der Waals surface area contributed by atoms with Crippen LogP contribution in [0.15, 0.2) is 11.6 Å². The first-order chi connectivity index (χ1) is 5.83. The number of piperidine rings is 1. The zero-order chi connectivity index (χ0) is 8.81. The fourth-order valence-corrected chi connectivity index (χ4v) is 1.62. The minimum absolute atomic E-state index is 0.115. The Morgan fingerprint density at radius 1 is 1.58 bits per heavy atom. The number of carbonyl (C=O) groups is 1. The molecule has 0 saturated carbocycles. The molecule has 12 heavy (non-hydrogen) atoms. The Kier molecular flexibility index (Phi) is 4.33. The Hall–Kier alpha value is -0.340. The molecule has 2 nitrogen and oxygen atoms in total. The minimum atomic E-state index is 0.115. The predicted octanol–water partition coefficient (Wildman–Crippen LogP) is 1.84. The molecule has 1 fully saturated rings. The van der Waals surface area contributed by atoms with Crippen LogP contribution in [-0.4, -0.2) is 18.4 Å². The number of halogens is 1. The van der Waals surface area contributed by atoms with Crippen LogP contribution in [0.4, 0.5) is 0 Å². The summed E-state index contributed by atoms with van der Waals surface area (Å²) in [6.45, 7) is 1.04. The second-order valence-corrected chi connectivity index (χ2v) is 3.36. The van der Waals surface area contributed by atoms with Gasteiger partial charge in [-0.2, -0.15) is 0 Å². The van der Waals surface area contributed by atoms with Crippen LogP contribution in [0, 0.1) is 0 Å². The highest BCUT2D eigenvalue weighted by Gasteiger charge is 2.14. The third-order valence-corrected chi connectivity index (χ3v) is 2.23. The molecule has 0 aliphatic carbocycles. The van der Waals surface area contributed by atoms with Gasteiger partial charge in [0.2, 0.25) is 0 Å². The molecule has 1 saturated heterocycles. The lowest BCUT2D eigenvalue weighted by Gasteiger charge is -2.21. The second kappa shape index (κ2) is 5.33. The minimum Gasteiger partial charge on any atom is -0.314 e. The Morgan fingerprint density at radius 2 is 2.42 bits per heavy atom. The predicted molar refractivity (Wildman–Crippen MR) is 50.3 cm³/mol. The van der Waals surface area contributed by atoms with Crippen molar-refractivity contribution >= 4 is 17.4 Å². The van der Waals surface area contributed by atoms with Gasteiger partial charge in [-0.05, 0) is 25.5 Å². The van der Waals surface area contributed by atoms with Crippen LogP contribution in [0.2, 0.25) is 0 Å². The van der Waals surface area contributed by atoms with Gasteiger partial charge in [-0.1, -0.05) is 18.0 Å². The van der Waals surface area contributed by atoms with Crippen LogP contribution in [0.1, 0.15) is 25.7 Å². The standard InChI is InChI=1S/C9H14ClNO/c10-5-4-9(12)7-8-3-1-2-6-11-8/h4-5,8,11H,1-3,6-7H2/b5-4+. The lowest BCUT2D eigenvalue weighted by Crippen LogP contribution is -2.35. The summed E-state index contributed by atoms with van der Waals surface area (Å²) < 4.78 is 0. The summed E-state index contributed by atoms with van der Waals surface area (Å²) in [5, 5.41) is 3.31. The van der Waals surface area contributed by atoms with Crippen LogP contribution in [0.25, 0.3) is 0 Å². The van der Waals surface area contributed by atoms with Gasteiger partial charge in [0.25, 0.3) is 0 Å². The fraction of sp³-hybridized carbons (Fsp3) is 0.667. The van der Waals surface area contributed by atoms with E-state index in [2.05, 4.69) is 5.32 Å². The molecule has 68 valence electrons. The number of carbonyl (C=O) groups excluding carboxylic acids is 1. The number of hydrogen-bond donors (Lipinski definition) is 1. The lowest BCUT2D eigenvalue weighted by molar-refractivity contribution is -0.115. The third-order valence-electron chi connectivity index (χ3n) is 2.11. The molecule has 0 aromatic carbocycles. The summed E-state index contributed by atoms with van der Waals surface area (Å²) in [4.78, 5) is 11.1. The molecule has 1 N–H and O–H groups in total. The maximum Gasteiger partial charge on any atom is 0.158 e.